The molecule has 4 N–H and O–H groups in total. The van der Waals surface area contributed by atoms with Crippen molar-refractivity contribution < 1.29 is 9.53 Å². The zero-order valence-corrected chi connectivity index (χ0v) is 11.8. The van der Waals surface area contributed by atoms with Crippen LogP contribution in [-0.4, -0.2) is 23.2 Å². The molecule has 1 heterocycles. The third-order valence-corrected chi connectivity index (χ3v) is 3.20. The number of methoxy groups -OCH3 is 1. The predicted molar refractivity (Wildman–Crippen MR) is 76.6 cm³/mol. The number of benzene rings is 1. The number of nitrogen functional groups attached to an aromatic ring is 1. The van der Waals surface area contributed by atoms with E-state index in [1.807, 2.05) is 13.8 Å². The van der Waals surface area contributed by atoms with Gasteiger partial charge in [-0.3, -0.25) is 9.89 Å². The van der Waals surface area contributed by atoms with E-state index in [1.54, 1.807) is 18.2 Å². The molecular weight excluding hydrogens is 256 g/mol. The number of aromatic amines is 1. The van der Waals surface area contributed by atoms with Crippen molar-refractivity contribution in [2.24, 2.45) is 0 Å². The molecule has 0 aliphatic carbocycles. The number of nitrogens with zero attached hydrogens (tertiary/aromatic N) is 1. The van der Waals surface area contributed by atoms with E-state index in [0.29, 0.717) is 23.5 Å². The second-order valence-corrected chi connectivity index (χ2v) is 4.55. The van der Waals surface area contributed by atoms with Gasteiger partial charge in [0.2, 0.25) is 0 Å². The van der Waals surface area contributed by atoms with Crippen molar-refractivity contribution in [1.82, 2.24) is 15.5 Å². The Hall–Kier alpha value is -2.50. The van der Waals surface area contributed by atoms with Crippen LogP contribution in [0.25, 0.3) is 0 Å². The van der Waals surface area contributed by atoms with Crippen LogP contribution in [0, 0.1) is 13.8 Å². The van der Waals surface area contributed by atoms with Gasteiger partial charge in [-0.15, -0.1) is 0 Å². The molecule has 0 spiro atoms. The van der Waals surface area contributed by atoms with E-state index in [2.05, 4.69) is 15.5 Å². The Bertz CT molecular complexity index is 615. The van der Waals surface area contributed by atoms with E-state index in [4.69, 9.17) is 10.5 Å². The Labute approximate surface area is 117 Å². The molecule has 1 amide bonds. The van der Waals surface area contributed by atoms with Crippen LogP contribution in [0.15, 0.2) is 18.2 Å². The molecule has 20 heavy (non-hydrogen) atoms. The molecule has 0 bridgehead atoms. The smallest absolute Gasteiger partial charge is 0.251 e. The first-order chi connectivity index (χ1) is 9.52. The molecule has 0 unspecified atom stereocenters. The highest BCUT2D eigenvalue weighted by Crippen LogP contribution is 2.21. The lowest BCUT2D eigenvalue weighted by Gasteiger charge is -2.08. The number of aromatic nitrogens is 2. The molecule has 0 aliphatic rings. The van der Waals surface area contributed by atoms with Crippen LogP contribution in [0.1, 0.15) is 27.3 Å². The average molecular weight is 274 g/mol. The van der Waals surface area contributed by atoms with E-state index in [0.717, 1.165) is 17.0 Å². The van der Waals surface area contributed by atoms with Crippen LogP contribution in [0.2, 0.25) is 0 Å². The Morgan fingerprint density at radius 3 is 2.75 bits per heavy atom. The minimum atomic E-state index is -0.181. The molecule has 6 heteroatoms. The number of aryl methyl sites for hydroxylation is 2. The number of anilines is 1. The van der Waals surface area contributed by atoms with E-state index in [-0.39, 0.29) is 5.91 Å². The van der Waals surface area contributed by atoms with E-state index < -0.39 is 0 Å². The van der Waals surface area contributed by atoms with Gasteiger partial charge in [-0.05, 0) is 32.0 Å². The minimum Gasteiger partial charge on any atom is -0.495 e. The Kier molecular flexibility index (Phi) is 3.93. The largest absolute Gasteiger partial charge is 0.495 e. The maximum absolute atomic E-state index is 12.1. The van der Waals surface area contributed by atoms with Crippen LogP contribution in [0.5, 0.6) is 5.75 Å². The first-order valence-electron chi connectivity index (χ1n) is 6.25. The van der Waals surface area contributed by atoms with E-state index in [1.165, 1.54) is 7.11 Å². The monoisotopic (exact) mass is 274 g/mol. The average Bonchev–Trinajstić information content (AvgIpc) is 2.75. The molecule has 0 atom stereocenters. The summed E-state index contributed by atoms with van der Waals surface area (Å²) in [6, 6.07) is 4.96. The molecule has 6 nitrogen and oxygen atoms in total. The lowest BCUT2D eigenvalue weighted by molar-refractivity contribution is 0.0951. The highest BCUT2D eigenvalue weighted by molar-refractivity contribution is 5.95. The van der Waals surface area contributed by atoms with Crippen molar-refractivity contribution in [2.45, 2.75) is 20.4 Å². The maximum Gasteiger partial charge on any atom is 0.251 e. The van der Waals surface area contributed by atoms with Crippen LogP contribution in [0.4, 0.5) is 5.69 Å². The lowest BCUT2D eigenvalue weighted by atomic mass is 10.1. The van der Waals surface area contributed by atoms with Crippen LogP contribution in [0.3, 0.4) is 0 Å². The van der Waals surface area contributed by atoms with Crippen LogP contribution < -0.4 is 15.8 Å². The molecule has 0 saturated carbocycles. The van der Waals surface area contributed by atoms with Gasteiger partial charge in [0.05, 0.1) is 18.5 Å². The van der Waals surface area contributed by atoms with Gasteiger partial charge in [-0.1, -0.05) is 0 Å². The summed E-state index contributed by atoms with van der Waals surface area (Å²) in [5, 5.41) is 9.83. The number of amides is 1. The normalized spacial score (nSPS) is 10.3. The number of carbonyl (C=O) groups excluding carboxylic acids is 1. The minimum absolute atomic E-state index is 0.181. The van der Waals surface area contributed by atoms with Crippen molar-refractivity contribution in [3.63, 3.8) is 0 Å². The molecule has 0 fully saturated rings. The molecule has 0 radical (unpaired) electrons. The van der Waals surface area contributed by atoms with Crippen LogP contribution in [-0.2, 0) is 6.54 Å². The number of carbonyl (C=O) groups is 1. The lowest BCUT2D eigenvalue weighted by Crippen LogP contribution is -2.23. The molecule has 1 aromatic heterocycles. The fourth-order valence-electron chi connectivity index (χ4n) is 1.98. The molecule has 1 aromatic carbocycles. The van der Waals surface area contributed by atoms with Gasteiger partial charge in [-0.2, -0.15) is 5.10 Å². The molecular formula is C14H18N4O2. The summed E-state index contributed by atoms with van der Waals surface area (Å²) in [6.45, 7) is 4.25. The number of H-pyrrole nitrogens is 1. The Morgan fingerprint density at radius 1 is 1.45 bits per heavy atom. The van der Waals surface area contributed by atoms with Crippen LogP contribution >= 0.6 is 0 Å². The van der Waals surface area contributed by atoms with Crippen molar-refractivity contribution in [1.29, 1.82) is 0 Å². The van der Waals surface area contributed by atoms with Gasteiger partial charge in [0.25, 0.3) is 5.91 Å². The van der Waals surface area contributed by atoms with Gasteiger partial charge in [0, 0.05) is 23.4 Å². The Morgan fingerprint density at radius 2 is 2.20 bits per heavy atom. The SMILES string of the molecule is COc1ccc(C(=O)NCc2c(C)n[nH]c2C)cc1N. The second-order valence-electron chi connectivity index (χ2n) is 4.55. The first kappa shape index (κ1) is 13.9. The summed E-state index contributed by atoms with van der Waals surface area (Å²) in [6.07, 6.45) is 0. The number of rotatable bonds is 4. The van der Waals surface area contributed by atoms with Crippen molar-refractivity contribution in [2.75, 3.05) is 12.8 Å². The first-order valence-corrected chi connectivity index (χ1v) is 6.25. The predicted octanol–water partition coefficient (Wildman–Crippen LogP) is 1.55. The summed E-state index contributed by atoms with van der Waals surface area (Å²) in [5.74, 6) is 0.377. The summed E-state index contributed by atoms with van der Waals surface area (Å²) in [4.78, 5) is 12.1. The number of nitrogens with one attached hydrogen (secondary N) is 2. The van der Waals surface area contributed by atoms with E-state index in [9.17, 15) is 4.79 Å². The van der Waals surface area contributed by atoms with Crippen molar-refractivity contribution in [3.8, 4) is 5.75 Å². The third-order valence-electron chi connectivity index (χ3n) is 3.20. The van der Waals surface area contributed by atoms with Crippen molar-refractivity contribution >= 4 is 11.6 Å². The molecule has 106 valence electrons. The summed E-state index contributed by atoms with van der Waals surface area (Å²) >= 11 is 0. The fourth-order valence-corrected chi connectivity index (χ4v) is 1.98. The second kappa shape index (κ2) is 5.64. The van der Waals surface area contributed by atoms with E-state index >= 15 is 0 Å². The molecule has 0 aliphatic heterocycles. The third kappa shape index (κ3) is 2.74. The quantitative estimate of drug-likeness (QED) is 0.737. The maximum atomic E-state index is 12.1. The number of hydrogen-bond donors (Lipinski definition) is 3. The topological polar surface area (TPSA) is 93.0 Å². The standard InChI is InChI=1S/C14H18N4O2/c1-8-11(9(2)18-17-8)7-16-14(19)10-4-5-13(20-3)12(15)6-10/h4-6H,7,15H2,1-3H3,(H,16,19)(H,17,18). The molecule has 2 aromatic rings. The zero-order chi connectivity index (χ0) is 14.7. The summed E-state index contributed by atoms with van der Waals surface area (Å²) < 4.78 is 5.06. The zero-order valence-electron chi connectivity index (χ0n) is 11.8. The van der Waals surface area contributed by atoms with Gasteiger partial charge in [-0.25, -0.2) is 0 Å². The van der Waals surface area contributed by atoms with Gasteiger partial charge >= 0.3 is 0 Å². The molecule has 2 rings (SSSR count). The highest BCUT2D eigenvalue weighted by atomic mass is 16.5. The number of nitrogens with two attached hydrogens (primary N) is 1. The van der Waals surface area contributed by atoms with Gasteiger partial charge in [0.15, 0.2) is 0 Å². The fraction of sp³-hybridized carbons (Fsp3) is 0.286. The van der Waals surface area contributed by atoms with Gasteiger partial charge in [0.1, 0.15) is 5.75 Å². The summed E-state index contributed by atoms with van der Waals surface area (Å²) in [5.41, 5.74) is 9.57. The van der Waals surface area contributed by atoms with Crippen molar-refractivity contribution in [3.05, 3.63) is 40.7 Å². The van der Waals surface area contributed by atoms with Gasteiger partial charge < -0.3 is 15.8 Å². The Balaban J connectivity index is 2.07. The number of ether oxygens (including phenoxy) is 1. The number of hydrogen-bond acceptors (Lipinski definition) is 4. The summed E-state index contributed by atoms with van der Waals surface area (Å²) in [7, 11) is 1.54. The molecule has 0 saturated heterocycles. The highest BCUT2D eigenvalue weighted by Gasteiger charge is 2.11.